The summed E-state index contributed by atoms with van der Waals surface area (Å²) < 4.78 is 51.2. The summed E-state index contributed by atoms with van der Waals surface area (Å²) in [7, 11) is 1.48. The molecule has 188 valence electrons. The van der Waals surface area contributed by atoms with Gasteiger partial charge >= 0.3 is 12.2 Å². The Labute approximate surface area is 205 Å². The molecule has 2 aromatic heterocycles. The topological polar surface area (TPSA) is 122 Å². The normalized spacial score (nSPS) is 11.8. The van der Waals surface area contributed by atoms with Gasteiger partial charge in [0.25, 0.3) is 0 Å². The van der Waals surface area contributed by atoms with Crippen LogP contribution in [0.3, 0.4) is 0 Å². The molecule has 12 heteroatoms. The first-order valence-electron chi connectivity index (χ1n) is 10.8. The van der Waals surface area contributed by atoms with Gasteiger partial charge in [0.2, 0.25) is 5.88 Å². The van der Waals surface area contributed by atoms with E-state index in [9.17, 15) is 18.0 Å². The van der Waals surface area contributed by atoms with Crippen molar-refractivity contribution in [2.24, 2.45) is 0 Å². The van der Waals surface area contributed by atoms with Crippen molar-refractivity contribution in [1.29, 1.82) is 5.26 Å². The number of pyridine rings is 1. The highest BCUT2D eigenvalue weighted by molar-refractivity contribution is 6.00. The van der Waals surface area contributed by atoms with Crippen LogP contribution in [0.2, 0.25) is 0 Å². The number of rotatable bonds is 7. The second kappa shape index (κ2) is 10.9. The number of halogens is 3. The lowest BCUT2D eigenvalue weighted by Gasteiger charge is -2.16. The van der Waals surface area contributed by atoms with Gasteiger partial charge in [-0.1, -0.05) is 6.07 Å². The monoisotopic (exact) mass is 500 g/mol. The lowest BCUT2D eigenvalue weighted by Crippen LogP contribution is -2.21. The number of nitriles is 1. The zero-order valence-electron chi connectivity index (χ0n) is 19.9. The van der Waals surface area contributed by atoms with Crippen LogP contribution in [0.1, 0.15) is 36.6 Å². The van der Waals surface area contributed by atoms with E-state index >= 15 is 0 Å². The number of benzene rings is 1. The van der Waals surface area contributed by atoms with Gasteiger partial charge < -0.3 is 20.1 Å². The zero-order valence-corrected chi connectivity index (χ0v) is 19.9. The van der Waals surface area contributed by atoms with Gasteiger partial charge in [0, 0.05) is 18.0 Å². The van der Waals surface area contributed by atoms with Crippen LogP contribution in [0.5, 0.6) is 11.6 Å². The fourth-order valence-corrected chi connectivity index (χ4v) is 3.30. The number of nitrogens with zero attached hydrogens (tertiary/aromatic N) is 4. The van der Waals surface area contributed by atoms with E-state index in [0.29, 0.717) is 35.3 Å². The summed E-state index contributed by atoms with van der Waals surface area (Å²) in [6.07, 6.45) is -1.81. The molecule has 0 saturated heterocycles. The molecule has 0 bridgehead atoms. The minimum absolute atomic E-state index is 0.0884. The van der Waals surface area contributed by atoms with E-state index < -0.39 is 23.7 Å². The Morgan fingerprint density at radius 3 is 2.56 bits per heavy atom. The van der Waals surface area contributed by atoms with E-state index in [-0.39, 0.29) is 16.9 Å². The third-order valence-electron chi connectivity index (χ3n) is 5.10. The molecule has 36 heavy (non-hydrogen) atoms. The van der Waals surface area contributed by atoms with Gasteiger partial charge in [-0.15, -0.1) is 0 Å². The van der Waals surface area contributed by atoms with E-state index in [1.807, 2.05) is 6.92 Å². The second-order valence-electron chi connectivity index (χ2n) is 7.58. The van der Waals surface area contributed by atoms with E-state index in [4.69, 9.17) is 14.7 Å². The Morgan fingerprint density at radius 1 is 1.19 bits per heavy atom. The molecule has 1 aromatic carbocycles. The second-order valence-corrected chi connectivity index (χ2v) is 7.58. The summed E-state index contributed by atoms with van der Waals surface area (Å²) in [4.78, 5) is 25.3. The molecule has 2 N–H and O–H groups in total. The van der Waals surface area contributed by atoms with Crippen molar-refractivity contribution in [1.82, 2.24) is 15.0 Å². The molecular formula is C24H23F3N6O3. The van der Waals surface area contributed by atoms with E-state index in [1.54, 1.807) is 19.1 Å². The van der Waals surface area contributed by atoms with Gasteiger partial charge in [0.05, 0.1) is 54.4 Å². The lowest BCUT2D eigenvalue weighted by molar-refractivity contribution is -0.138. The molecule has 3 aromatic rings. The Morgan fingerprint density at radius 2 is 1.94 bits per heavy atom. The number of carbonyl (C=O) groups excluding carboxylic acids is 1. The third kappa shape index (κ3) is 5.99. The predicted molar refractivity (Wildman–Crippen MR) is 126 cm³/mol. The average molecular weight is 500 g/mol. The molecule has 0 radical (unpaired) electrons. The summed E-state index contributed by atoms with van der Waals surface area (Å²) in [5.74, 6) is 0.163. The van der Waals surface area contributed by atoms with Gasteiger partial charge in [0.15, 0.2) is 5.82 Å². The van der Waals surface area contributed by atoms with E-state index in [2.05, 4.69) is 25.6 Å². The van der Waals surface area contributed by atoms with Crippen molar-refractivity contribution in [2.45, 2.75) is 32.9 Å². The third-order valence-corrected chi connectivity index (χ3v) is 5.10. The minimum Gasteiger partial charge on any atom is -0.493 e. The highest BCUT2D eigenvalue weighted by Crippen LogP contribution is 2.37. The lowest BCUT2D eigenvalue weighted by atomic mass is 9.96. The van der Waals surface area contributed by atoms with E-state index in [0.717, 1.165) is 6.07 Å². The van der Waals surface area contributed by atoms with Crippen molar-refractivity contribution >= 4 is 17.4 Å². The number of urea groups is 1. The Balaban J connectivity index is 1.80. The van der Waals surface area contributed by atoms with Crippen LogP contribution >= 0.6 is 0 Å². The van der Waals surface area contributed by atoms with Crippen molar-refractivity contribution in [3.8, 4) is 29.1 Å². The van der Waals surface area contributed by atoms with Gasteiger partial charge in [-0.05, 0) is 38.5 Å². The number of hydrogen-bond donors (Lipinski definition) is 2. The first kappa shape index (κ1) is 26.2. The number of anilines is 2. The smallest absolute Gasteiger partial charge is 0.416 e. The molecule has 1 atom stereocenters. The van der Waals surface area contributed by atoms with Crippen LogP contribution in [0.15, 0.2) is 36.7 Å². The minimum atomic E-state index is -4.69. The van der Waals surface area contributed by atoms with Crippen molar-refractivity contribution in [3.63, 3.8) is 0 Å². The standard InChI is InChI=1S/C24H23F3N6O3/c1-5-36-20-9-21(35-4)29-11-17(20)22-30-12-19(14(3)31-22)33-23(34)32-15-6-7-16(13(2)10-28)18(8-15)24(25,26)27/h6-9,11-13H,5H2,1-4H3,(H2,32,33,34). The van der Waals surface area contributed by atoms with Crippen LogP contribution in [0.4, 0.5) is 29.3 Å². The fourth-order valence-electron chi connectivity index (χ4n) is 3.30. The number of methoxy groups -OCH3 is 1. The highest BCUT2D eigenvalue weighted by atomic mass is 19.4. The summed E-state index contributed by atoms with van der Waals surface area (Å²) in [5.41, 5.74) is -0.0756. The zero-order chi connectivity index (χ0) is 26.5. The van der Waals surface area contributed by atoms with Crippen molar-refractivity contribution in [2.75, 3.05) is 24.4 Å². The first-order chi connectivity index (χ1) is 17.1. The number of carbonyl (C=O) groups is 1. The largest absolute Gasteiger partial charge is 0.493 e. The van der Waals surface area contributed by atoms with Crippen LogP contribution in [0, 0.1) is 18.3 Å². The maximum atomic E-state index is 13.5. The number of alkyl halides is 3. The quantitative estimate of drug-likeness (QED) is 0.436. The van der Waals surface area contributed by atoms with Crippen molar-refractivity contribution in [3.05, 3.63) is 53.5 Å². The van der Waals surface area contributed by atoms with Gasteiger partial charge in [-0.2, -0.15) is 18.4 Å². The van der Waals surface area contributed by atoms with Gasteiger partial charge in [-0.25, -0.2) is 19.7 Å². The maximum Gasteiger partial charge on any atom is 0.416 e. The van der Waals surface area contributed by atoms with Crippen LogP contribution in [0.25, 0.3) is 11.4 Å². The number of nitrogens with one attached hydrogen (secondary N) is 2. The summed E-state index contributed by atoms with van der Waals surface area (Å²) >= 11 is 0. The molecule has 0 aliphatic heterocycles. The van der Waals surface area contributed by atoms with Gasteiger partial charge in [-0.3, -0.25) is 0 Å². The SMILES string of the molecule is CCOc1cc(OC)ncc1-c1ncc(NC(=O)Nc2ccc(C(C)C#N)c(C(F)(F)F)c2)c(C)n1. The van der Waals surface area contributed by atoms with Crippen LogP contribution in [-0.2, 0) is 6.18 Å². The average Bonchev–Trinajstić information content (AvgIpc) is 2.84. The number of amides is 2. The summed E-state index contributed by atoms with van der Waals surface area (Å²) in [6.45, 7) is 5.23. The Bertz CT molecular complexity index is 1310. The van der Waals surface area contributed by atoms with Gasteiger partial charge in [0.1, 0.15) is 5.75 Å². The fraction of sp³-hybridized carbons (Fsp3) is 0.292. The molecule has 0 spiro atoms. The number of aromatic nitrogens is 3. The number of hydrogen-bond acceptors (Lipinski definition) is 7. The number of ether oxygens (including phenoxy) is 2. The number of aryl methyl sites for hydroxylation is 1. The highest BCUT2D eigenvalue weighted by Gasteiger charge is 2.35. The maximum absolute atomic E-state index is 13.5. The summed E-state index contributed by atoms with van der Waals surface area (Å²) in [5, 5.41) is 13.9. The molecule has 9 nitrogen and oxygen atoms in total. The molecule has 0 aliphatic rings. The molecule has 0 saturated carbocycles. The first-order valence-corrected chi connectivity index (χ1v) is 10.8. The molecular weight excluding hydrogens is 477 g/mol. The van der Waals surface area contributed by atoms with E-state index in [1.165, 1.54) is 38.6 Å². The molecule has 0 fully saturated rings. The Kier molecular flexibility index (Phi) is 7.93. The van der Waals surface area contributed by atoms with Crippen LogP contribution in [-0.4, -0.2) is 34.7 Å². The summed E-state index contributed by atoms with van der Waals surface area (Å²) in [6, 6.07) is 5.88. The molecule has 1 unspecified atom stereocenters. The molecule has 2 amide bonds. The Hall–Kier alpha value is -4.40. The predicted octanol–water partition coefficient (Wildman–Crippen LogP) is 5.54. The van der Waals surface area contributed by atoms with Crippen molar-refractivity contribution < 1.29 is 27.4 Å². The molecule has 2 heterocycles. The molecule has 0 aliphatic carbocycles. The molecule has 3 rings (SSSR count). The van der Waals surface area contributed by atoms with Crippen LogP contribution < -0.4 is 20.1 Å².